The van der Waals surface area contributed by atoms with Crippen molar-refractivity contribution in [1.82, 2.24) is 9.55 Å². The summed E-state index contributed by atoms with van der Waals surface area (Å²) in [6, 6.07) is 87.2. The van der Waals surface area contributed by atoms with Crippen molar-refractivity contribution >= 4 is 66.5 Å². The predicted molar refractivity (Wildman–Crippen MR) is 331 cm³/mol. The van der Waals surface area contributed by atoms with E-state index in [-0.39, 0.29) is 31.9 Å². The van der Waals surface area contributed by atoms with Crippen LogP contribution in [-0.2, 0) is 31.9 Å². The molecule has 7 heteroatoms. The van der Waals surface area contributed by atoms with E-state index in [1.165, 1.54) is 22.3 Å². The Balaban J connectivity index is 0.00000618. The first-order valence-electron chi connectivity index (χ1n) is 27.4. The molecule has 398 valence electrons. The average Bonchev–Trinajstić information content (AvgIpc) is 3.10. The van der Waals surface area contributed by atoms with E-state index in [4.69, 9.17) is 14.1 Å². The van der Waals surface area contributed by atoms with Crippen molar-refractivity contribution in [2.24, 2.45) is 0 Å². The quantitative estimate of drug-likeness (QED) is 0.135. The Morgan fingerprint density at radius 2 is 1.06 bits per heavy atom. The first kappa shape index (κ1) is 51.5. The first-order valence-corrected chi connectivity index (χ1v) is 27.4. The molecule has 1 aliphatic rings. The second-order valence-corrected chi connectivity index (χ2v) is 22.9. The summed E-state index contributed by atoms with van der Waals surface area (Å²) in [6.07, 6.45) is 1.90. The molecule has 0 saturated heterocycles. The molecule has 13 aromatic rings. The van der Waals surface area contributed by atoms with Crippen molar-refractivity contribution < 1.29 is 30.2 Å². The maximum atomic E-state index is 6.85. The Bertz CT molecular complexity index is 4420. The van der Waals surface area contributed by atoms with Crippen molar-refractivity contribution in [1.29, 1.82) is 0 Å². The van der Waals surface area contributed by atoms with Gasteiger partial charge in [0.1, 0.15) is 17.0 Å². The number of aromatic nitrogens is 2. The summed E-state index contributed by atoms with van der Waals surface area (Å²) in [5, 5.41) is 4.22. The molecule has 3 aromatic heterocycles. The Labute approximate surface area is 487 Å². The molecule has 14 rings (SSSR count). The SMILES string of the molecule is CC(C)(C)c1ccnc(-n2c3[c-]c(Oc4[c-]c(N5[CH-]N(c6c(-c7cccc(-c8ccccc8)c7)cc(C(C)(C)C)cc6-c6cccc(-c7ccccc7)c6)c6ccccc65)ccc4)ccc3c3oc4ccc5ccccc5c4c32)c1.[Pt]. The van der Waals surface area contributed by atoms with Gasteiger partial charge in [0.2, 0.25) is 0 Å². The van der Waals surface area contributed by atoms with Crippen molar-refractivity contribution in [2.45, 2.75) is 52.4 Å². The number of para-hydroxylation sites is 2. The second kappa shape index (κ2) is 20.3. The molecular weight excluding hydrogens is 1170 g/mol. The smallest absolute Gasteiger partial charge is 0.136 e. The van der Waals surface area contributed by atoms with Crippen LogP contribution in [0.2, 0.25) is 0 Å². The van der Waals surface area contributed by atoms with Gasteiger partial charge >= 0.3 is 0 Å². The first-order chi connectivity index (χ1) is 38.9. The standard InChI is InChI=1S/C74H57N4O2.Pt/c1-73(2,3)55-38-39-75-68(44-55)78-66-46-59(35-36-61(66)72-71(78)69-60-31-14-13-24-50(60)34-37-67(69)80-72)79-58-30-19-29-57(45-58)76-47-77(65-33-16-15-32-64(65)76)70-62(53-27-17-25-51(40-53)48-20-9-7-10-21-48)42-56(74(4,5)6)43-63(70)54-28-18-26-52(41-54)49-22-11-8-12-23-49;/h7-44,47H,1-6H3;/q-3;. The minimum atomic E-state index is -0.155. The maximum Gasteiger partial charge on any atom is 0.136 e. The van der Waals surface area contributed by atoms with Crippen molar-refractivity contribution in [3.63, 3.8) is 0 Å². The van der Waals surface area contributed by atoms with Gasteiger partial charge in [-0.1, -0.05) is 192 Å². The number of pyridine rings is 1. The number of anilines is 4. The van der Waals surface area contributed by atoms with Crippen LogP contribution < -0.4 is 14.5 Å². The Kier molecular flexibility index (Phi) is 12.9. The largest absolute Gasteiger partial charge is 0.509 e. The molecule has 0 amide bonds. The van der Waals surface area contributed by atoms with Crippen LogP contribution in [0, 0.1) is 18.8 Å². The van der Waals surface area contributed by atoms with Gasteiger partial charge in [0, 0.05) is 67.0 Å². The summed E-state index contributed by atoms with van der Waals surface area (Å²) in [4.78, 5) is 9.61. The van der Waals surface area contributed by atoms with Crippen molar-refractivity contribution in [3.05, 3.63) is 261 Å². The molecule has 0 radical (unpaired) electrons. The van der Waals surface area contributed by atoms with E-state index < -0.39 is 0 Å². The summed E-state index contributed by atoms with van der Waals surface area (Å²) < 4.78 is 15.8. The van der Waals surface area contributed by atoms with E-state index in [0.717, 1.165) is 106 Å². The molecule has 6 nitrogen and oxygen atoms in total. The van der Waals surface area contributed by atoms with Gasteiger partial charge in [0.05, 0.1) is 10.9 Å². The van der Waals surface area contributed by atoms with E-state index in [1.54, 1.807) is 0 Å². The van der Waals surface area contributed by atoms with E-state index in [1.807, 2.05) is 24.4 Å². The van der Waals surface area contributed by atoms with Gasteiger partial charge < -0.3 is 23.5 Å². The number of fused-ring (bicyclic) bond motifs is 8. The molecule has 0 saturated carbocycles. The molecule has 0 spiro atoms. The van der Waals surface area contributed by atoms with Crippen LogP contribution in [0.5, 0.6) is 11.5 Å². The third-order valence-electron chi connectivity index (χ3n) is 15.6. The molecule has 4 heterocycles. The molecule has 0 bridgehead atoms. The Morgan fingerprint density at radius 3 is 1.73 bits per heavy atom. The van der Waals surface area contributed by atoms with Gasteiger partial charge in [-0.3, -0.25) is 0 Å². The zero-order valence-electron chi connectivity index (χ0n) is 45.9. The third-order valence-corrected chi connectivity index (χ3v) is 15.6. The van der Waals surface area contributed by atoms with Crippen LogP contribution in [0.3, 0.4) is 0 Å². The number of furan rings is 1. The Morgan fingerprint density at radius 1 is 0.481 bits per heavy atom. The molecular formula is C74H57N4O2Pt-3. The van der Waals surface area contributed by atoms with Gasteiger partial charge in [-0.05, 0) is 121 Å². The van der Waals surface area contributed by atoms with Crippen LogP contribution in [-0.4, -0.2) is 9.55 Å². The molecule has 10 aromatic carbocycles. The molecule has 1 aliphatic heterocycles. The molecule has 81 heavy (non-hydrogen) atoms. The van der Waals surface area contributed by atoms with Crippen molar-refractivity contribution in [2.75, 3.05) is 9.80 Å². The number of ether oxygens (including phenoxy) is 1. The van der Waals surface area contributed by atoms with Crippen LogP contribution in [0.4, 0.5) is 22.7 Å². The fraction of sp³-hybridized carbons (Fsp3) is 0.108. The number of rotatable bonds is 9. The molecule has 0 N–H and O–H groups in total. The number of hydrogen-bond donors (Lipinski definition) is 0. The minimum absolute atomic E-state index is 0. The van der Waals surface area contributed by atoms with Crippen LogP contribution in [0.1, 0.15) is 52.7 Å². The summed E-state index contributed by atoms with van der Waals surface area (Å²) in [7, 11) is 0. The summed E-state index contributed by atoms with van der Waals surface area (Å²) in [5.74, 6) is 1.89. The topological polar surface area (TPSA) is 46.7 Å². The minimum Gasteiger partial charge on any atom is -0.509 e. The maximum absolute atomic E-state index is 6.85. The summed E-state index contributed by atoms with van der Waals surface area (Å²) in [6.45, 7) is 15.8. The molecule has 0 unspecified atom stereocenters. The number of hydrogen-bond acceptors (Lipinski definition) is 5. The van der Waals surface area contributed by atoms with Crippen LogP contribution in [0.25, 0.3) is 94.1 Å². The zero-order valence-corrected chi connectivity index (χ0v) is 48.2. The van der Waals surface area contributed by atoms with Crippen molar-refractivity contribution in [3.8, 4) is 61.8 Å². The third kappa shape index (κ3) is 9.28. The Hall–Kier alpha value is -8.96. The van der Waals surface area contributed by atoms with Gasteiger partial charge in [0.25, 0.3) is 0 Å². The monoisotopic (exact) mass is 1230 g/mol. The van der Waals surface area contributed by atoms with E-state index in [2.05, 4.69) is 281 Å². The second-order valence-electron chi connectivity index (χ2n) is 22.9. The molecule has 0 aliphatic carbocycles. The normalized spacial score (nSPS) is 12.6. The fourth-order valence-corrected chi connectivity index (χ4v) is 11.5. The molecule has 0 atom stereocenters. The van der Waals surface area contributed by atoms with E-state index >= 15 is 0 Å². The van der Waals surface area contributed by atoms with Crippen LogP contribution in [0.15, 0.2) is 235 Å². The fourth-order valence-electron chi connectivity index (χ4n) is 11.5. The van der Waals surface area contributed by atoms with Gasteiger partial charge in [-0.2, -0.15) is 12.1 Å². The van der Waals surface area contributed by atoms with Crippen LogP contribution >= 0.6 is 0 Å². The van der Waals surface area contributed by atoms with Gasteiger partial charge in [-0.15, -0.1) is 42.7 Å². The average molecular weight is 1230 g/mol. The summed E-state index contributed by atoms with van der Waals surface area (Å²) >= 11 is 0. The van der Waals surface area contributed by atoms with E-state index in [9.17, 15) is 0 Å². The van der Waals surface area contributed by atoms with Gasteiger partial charge in [-0.25, -0.2) is 4.98 Å². The predicted octanol–water partition coefficient (Wildman–Crippen LogP) is 20.1. The number of benzene rings is 10. The summed E-state index contributed by atoms with van der Waals surface area (Å²) in [5.41, 5.74) is 18.7. The van der Waals surface area contributed by atoms with Gasteiger partial charge in [0.15, 0.2) is 0 Å². The zero-order chi connectivity index (χ0) is 54.3. The number of nitrogens with zero attached hydrogens (tertiary/aromatic N) is 4. The van der Waals surface area contributed by atoms with E-state index in [0.29, 0.717) is 11.5 Å². The molecule has 0 fully saturated rings.